The first kappa shape index (κ1) is 11.8. The Balaban J connectivity index is 3.26. The molecule has 1 rings (SSSR count). The number of carbonyl (C=O) groups excluding carboxylic acids is 1. The maximum absolute atomic E-state index is 11.5. The van der Waals surface area contributed by atoms with Gasteiger partial charge in [-0.1, -0.05) is 12.2 Å². The van der Waals surface area contributed by atoms with E-state index in [1.807, 2.05) is 0 Å². The highest BCUT2D eigenvalue weighted by Gasteiger charge is 2.38. The van der Waals surface area contributed by atoms with Gasteiger partial charge in [-0.3, -0.25) is 4.79 Å². The molecule has 0 aromatic heterocycles. The molecule has 4 heteroatoms. The standard InChI is InChI=1S/C11H14O4/c1-2-3-8(6-12)10-9(14)4-5-11(10,15)7-13/h2-5,12-13,15H,6-7H2,1H3/b3-2+,10-8+/t11-/m0/s1. The van der Waals surface area contributed by atoms with Gasteiger partial charge in [-0.15, -0.1) is 0 Å². The Morgan fingerprint density at radius 3 is 2.67 bits per heavy atom. The van der Waals surface area contributed by atoms with Crippen LogP contribution in [0.25, 0.3) is 0 Å². The third kappa shape index (κ3) is 2.07. The van der Waals surface area contributed by atoms with Gasteiger partial charge in [0.05, 0.1) is 13.2 Å². The second-order valence-corrected chi connectivity index (χ2v) is 3.34. The number of ketones is 1. The van der Waals surface area contributed by atoms with Gasteiger partial charge >= 0.3 is 0 Å². The number of hydrogen-bond acceptors (Lipinski definition) is 4. The van der Waals surface area contributed by atoms with Gasteiger partial charge < -0.3 is 15.3 Å². The van der Waals surface area contributed by atoms with Crippen LogP contribution in [0.15, 0.2) is 35.5 Å². The maximum atomic E-state index is 11.5. The summed E-state index contributed by atoms with van der Waals surface area (Å²) < 4.78 is 0. The summed E-state index contributed by atoms with van der Waals surface area (Å²) in [6.45, 7) is 0.808. The molecule has 0 aromatic carbocycles. The molecule has 15 heavy (non-hydrogen) atoms. The van der Waals surface area contributed by atoms with E-state index in [1.165, 1.54) is 12.2 Å². The highest BCUT2D eigenvalue weighted by Crippen LogP contribution is 2.29. The summed E-state index contributed by atoms with van der Waals surface area (Å²) >= 11 is 0. The summed E-state index contributed by atoms with van der Waals surface area (Å²) in [7, 11) is 0. The minimum Gasteiger partial charge on any atom is -0.393 e. The van der Waals surface area contributed by atoms with Crippen LogP contribution in [0.1, 0.15) is 6.92 Å². The van der Waals surface area contributed by atoms with Crippen molar-refractivity contribution >= 4 is 5.78 Å². The Kier molecular flexibility index (Phi) is 3.57. The predicted molar refractivity (Wildman–Crippen MR) is 55.1 cm³/mol. The molecule has 0 fully saturated rings. The zero-order valence-corrected chi connectivity index (χ0v) is 8.47. The minimum atomic E-state index is -1.66. The second kappa shape index (κ2) is 4.53. The van der Waals surface area contributed by atoms with Gasteiger partial charge in [0.15, 0.2) is 5.78 Å². The average Bonchev–Trinajstić information content (AvgIpc) is 2.53. The molecule has 82 valence electrons. The lowest BCUT2D eigenvalue weighted by molar-refractivity contribution is -0.112. The van der Waals surface area contributed by atoms with Crippen molar-refractivity contribution in [3.05, 3.63) is 35.5 Å². The van der Waals surface area contributed by atoms with Gasteiger partial charge in [0.2, 0.25) is 0 Å². The highest BCUT2D eigenvalue weighted by atomic mass is 16.3. The zero-order chi connectivity index (χ0) is 11.5. The van der Waals surface area contributed by atoms with Crippen LogP contribution in [0.5, 0.6) is 0 Å². The second-order valence-electron chi connectivity index (χ2n) is 3.34. The fraction of sp³-hybridized carbons (Fsp3) is 0.364. The van der Waals surface area contributed by atoms with Crippen LogP contribution in [0.4, 0.5) is 0 Å². The summed E-state index contributed by atoms with van der Waals surface area (Å²) in [6, 6.07) is 0. The molecular weight excluding hydrogens is 196 g/mol. The smallest absolute Gasteiger partial charge is 0.185 e. The van der Waals surface area contributed by atoms with Crippen LogP contribution in [0, 0.1) is 0 Å². The molecule has 0 saturated carbocycles. The summed E-state index contributed by atoms with van der Waals surface area (Å²) in [5, 5.41) is 28.0. The molecule has 0 amide bonds. The van der Waals surface area contributed by atoms with Gasteiger partial charge in [0.25, 0.3) is 0 Å². The molecule has 0 aliphatic heterocycles. The Morgan fingerprint density at radius 1 is 1.53 bits per heavy atom. The van der Waals surface area contributed by atoms with Crippen molar-refractivity contribution in [2.75, 3.05) is 13.2 Å². The Bertz CT molecular complexity index is 352. The van der Waals surface area contributed by atoms with E-state index in [0.29, 0.717) is 5.57 Å². The third-order valence-corrected chi connectivity index (χ3v) is 2.29. The first-order valence-electron chi connectivity index (χ1n) is 4.63. The molecule has 0 heterocycles. The lowest BCUT2D eigenvalue weighted by atomic mass is 9.92. The van der Waals surface area contributed by atoms with Crippen LogP contribution in [-0.4, -0.2) is 39.9 Å². The van der Waals surface area contributed by atoms with Crippen molar-refractivity contribution in [3.8, 4) is 0 Å². The molecule has 0 aromatic rings. The van der Waals surface area contributed by atoms with Crippen LogP contribution in [0.2, 0.25) is 0 Å². The summed E-state index contributed by atoms with van der Waals surface area (Å²) in [5.41, 5.74) is -1.29. The fourth-order valence-corrected chi connectivity index (χ4v) is 1.58. The maximum Gasteiger partial charge on any atom is 0.185 e. The van der Waals surface area contributed by atoms with Crippen molar-refractivity contribution in [2.45, 2.75) is 12.5 Å². The van der Waals surface area contributed by atoms with E-state index in [9.17, 15) is 9.90 Å². The Labute approximate surface area is 87.9 Å². The molecule has 4 nitrogen and oxygen atoms in total. The van der Waals surface area contributed by atoms with Gasteiger partial charge in [0, 0.05) is 5.57 Å². The number of hydrogen-bond donors (Lipinski definition) is 3. The van der Waals surface area contributed by atoms with E-state index in [2.05, 4.69) is 0 Å². The summed E-state index contributed by atoms with van der Waals surface area (Å²) in [5.74, 6) is -0.381. The van der Waals surface area contributed by atoms with E-state index in [1.54, 1.807) is 19.1 Å². The molecule has 1 aliphatic rings. The van der Waals surface area contributed by atoms with Gasteiger partial charge in [-0.2, -0.15) is 0 Å². The molecule has 3 N–H and O–H groups in total. The largest absolute Gasteiger partial charge is 0.393 e. The zero-order valence-electron chi connectivity index (χ0n) is 8.47. The molecular formula is C11H14O4. The number of aliphatic hydroxyl groups excluding tert-OH is 2. The summed E-state index contributed by atoms with van der Waals surface area (Å²) in [6.07, 6.45) is 5.64. The van der Waals surface area contributed by atoms with Crippen molar-refractivity contribution in [2.24, 2.45) is 0 Å². The predicted octanol–water partition coefficient (Wildman–Crippen LogP) is -0.286. The lowest BCUT2D eigenvalue weighted by Gasteiger charge is -2.21. The molecule has 1 aliphatic carbocycles. The van der Waals surface area contributed by atoms with Crippen LogP contribution in [0.3, 0.4) is 0 Å². The third-order valence-electron chi connectivity index (χ3n) is 2.29. The first-order chi connectivity index (χ1) is 7.09. The van der Waals surface area contributed by atoms with Crippen molar-refractivity contribution in [1.29, 1.82) is 0 Å². The molecule has 0 bridgehead atoms. The van der Waals surface area contributed by atoms with Crippen LogP contribution in [-0.2, 0) is 4.79 Å². The first-order valence-corrected chi connectivity index (χ1v) is 4.63. The van der Waals surface area contributed by atoms with E-state index in [-0.39, 0.29) is 18.0 Å². The Morgan fingerprint density at radius 2 is 2.20 bits per heavy atom. The molecule has 0 saturated heterocycles. The molecule has 0 unspecified atom stereocenters. The van der Waals surface area contributed by atoms with Crippen molar-refractivity contribution in [1.82, 2.24) is 0 Å². The van der Waals surface area contributed by atoms with E-state index in [0.717, 1.165) is 0 Å². The molecule has 0 radical (unpaired) electrons. The van der Waals surface area contributed by atoms with Gasteiger partial charge in [-0.25, -0.2) is 0 Å². The SMILES string of the molecule is C/C=C/C(CO)=C1/C(=O)C=C[C@]1(O)CO. The van der Waals surface area contributed by atoms with Crippen molar-refractivity contribution < 1.29 is 20.1 Å². The lowest BCUT2D eigenvalue weighted by Crippen LogP contribution is -2.33. The number of aliphatic hydroxyl groups is 3. The van der Waals surface area contributed by atoms with Gasteiger partial charge in [-0.05, 0) is 24.6 Å². The fourth-order valence-electron chi connectivity index (χ4n) is 1.58. The van der Waals surface area contributed by atoms with Crippen LogP contribution < -0.4 is 0 Å². The molecule has 0 spiro atoms. The van der Waals surface area contributed by atoms with E-state index in [4.69, 9.17) is 10.2 Å². The normalized spacial score (nSPS) is 29.2. The van der Waals surface area contributed by atoms with E-state index < -0.39 is 12.2 Å². The van der Waals surface area contributed by atoms with Gasteiger partial charge in [0.1, 0.15) is 5.60 Å². The monoisotopic (exact) mass is 210 g/mol. The number of allylic oxidation sites excluding steroid dienone is 2. The van der Waals surface area contributed by atoms with Crippen molar-refractivity contribution in [3.63, 3.8) is 0 Å². The highest BCUT2D eigenvalue weighted by molar-refractivity contribution is 6.10. The Hall–Kier alpha value is -1.23. The average molecular weight is 210 g/mol. The van der Waals surface area contributed by atoms with Crippen LogP contribution >= 0.6 is 0 Å². The molecule has 1 atom stereocenters. The topological polar surface area (TPSA) is 77.8 Å². The van der Waals surface area contributed by atoms with E-state index >= 15 is 0 Å². The quantitative estimate of drug-likeness (QED) is 0.559. The minimum absolute atomic E-state index is 0.0469. The number of rotatable bonds is 3. The summed E-state index contributed by atoms with van der Waals surface area (Å²) in [4.78, 5) is 11.5. The number of carbonyl (C=O) groups is 1.